The number of nitrogens with zero attached hydrogens (tertiary/aromatic N) is 3. The molecule has 21 heavy (non-hydrogen) atoms. The van der Waals surface area contributed by atoms with Gasteiger partial charge in [0.25, 0.3) is 15.6 Å². The smallest absolute Gasteiger partial charge is 0.314 e. The average Bonchev–Trinajstić information content (AvgIpc) is 2.39. The van der Waals surface area contributed by atoms with E-state index in [1.807, 2.05) is 0 Å². The summed E-state index contributed by atoms with van der Waals surface area (Å²) in [6, 6.07) is 0. The summed E-state index contributed by atoms with van der Waals surface area (Å²) in [6.45, 7) is 4.89. The van der Waals surface area contributed by atoms with Crippen molar-refractivity contribution >= 4 is 10.0 Å². The van der Waals surface area contributed by atoms with Gasteiger partial charge in [-0.25, -0.2) is 13.2 Å². The topological polar surface area (TPSA) is 93.4 Å². The third kappa shape index (κ3) is 2.56. The van der Waals surface area contributed by atoms with E-state index < -0.39 is 26.8 Å². The fourth-order valence-electron chi connectivity index (χ4n) is 2.48. The summed E-state index contributed by atoms with van der Waals surface area (Å²) in [6.07, 6.45) is 1.10. The number of hydrogen-bond donors (Lipinski definition) is 1. The number of aromatic nitrogens is 2. The Balaban J connectivity index is 2.66. The zero-order valence-corrected chi connectivity index (χ0v) is 13.4. The Hall–Kier alpha value is -1.45. The average molecular weight is 316 g/mol. The van der Waals surface area contributed by atoms with Crippen LogP contribution < -0.4 is 16.6 Å². The molecule has 0 unspecified atom stereocenters. The molecule has 0 amide bonds. The van der Waals surface area contributed by atoms with Crippen molar-refractivity contribution in [1.29, 1.82) is 0 Å². The highest BCUT2D eigenvalue weighted by molar-refractivity contribution is 7.89. The van der Waals surface area contributed by atoms with Crippen LogP contribution in [0, 0.1) is 0 Å². The normalized spacial score (nSPS) is 19.6. The Labute approximate surface area is 123 Å². The molecule has 1 aliphatic rings. The second kappa shape index (κ2) is 5.08. The summed E-state index contributed by atoms with van der Waals surface area (Å²) >= 11 is 0. The molecular formula is C12H20N4O4S. The lowest BCUT2D eigenvalue weighted by Gasteiger charge is -2.41. The first-order valence-corrected chi connectivity index (χ1v) is 8.03. The number of sulfonamides is 1. The molecule has 1 fully saturated rings. The van der Waals surface area contributed by atoms with Crippen molar-refractivity contribution in [3.8, 4) is 0 Å². The third-order valence-corrected chi connectivity index (χ3v) is 5.80. The maximum absolute atomic E-state index is 12.8. The summed E-state index contributed by atoms with van der Waals surface area (Å²) in [5.74, 6) is 0. The SMILES string of the molecule is Cn1cc(S(=O)(=O)N2CCNCC2(C)C)c(=O)n(C)c1=O. The van der Waals surface area contributed by atoms with Crippen LogP contribution in [0.1, 0.15) is 13.8 Å². The van der Waals surface area contributed by atoms with Gasteiger partial charge in [-0.3, -0.25) is 9.36 Å². The first-order chi connectivity index (χ1) is 9.59. The molecule has 0 spiro atoms. The molecule has 2 heterocycles. The van der Waals surface area contributed by atoms with E-state index in [1.54, 1.807) is 13.8 Å². The highest BCUT2D eigenvalue weighted by Crippen LogP contribution is 2.23. The van der Waals surface area contributed by atoms with Gasteiger partial charge >= 0.3 is 5.69 Å². The Kier molecular flexibility index (Phi) is 3.85. The molecule has 0 saturated carbocycles. The molecule has 1 N–H and O–H groups in total. The van der Waals surface area contributed by atoms with Gasteiger partial charge in [0.15, 0.2) is 4.90 Å². The first kappa shape index (κ1) is 15.9. The van der Waals surface area contributed by atoms with E-state index in [4.69, 9.17) is 0 Å². The summed E-state index contributed by atoms with van der Waals surface area (Å²) in [5.41, 5.74) is -2.00. The largest absolute Gasteiger partial charge is 0.330 e. The Morgan fingerprint density at radius 1 is 1.24 bits per heavy atom. The van der Waals surface area contributed by atoms with Crippen LogP contribution >= 0.6 is 0 Å². The maximum Gasteiger partial charge on any atom is 0.330 e. The van der Waals surface area contributed by atoms with Gasteiger partial charge in [0, 0.05) is 45.5 Å². The second-order valence-electron chi connectivity index (χ2n) is 5.82. The van der Waals surface area contributed by atoms with Crippen LogP contribution in [0.4, 0.5) is 0 Å². The highest BCUT2D eigenvalue weighted by Gasteiger charge is 2.40. The standard InChI is InChI=1S/C12H20N4O4S/c1-12(2)8-13-5-6-16(12)21(19,20)9-7-14(3)11(18)15(4)10(9)17/h7,13H,5-6,8H2,1-4H3. The van der Waals surface area contributed by atoms with Crippen LogP contribution in [0.5, 0.6) is 0 Å². The molecule has 0 aliphatic carbocycles. The maximum atomic E-state index is 12.8. The Morgan fingerprint density at radius 3 is 2.43 bits per heavy atom. The van der Waals surface area contributed by atoms with Gasteiger partial charge in [0.1, 0.15) is 0 Å². The number of rotatable bonds is 2. The molecule has 1 aromatic heterocycles. The van der Waals surface area contributed by atoms with Crippen LogP contribution in [-0.2, 0) is 24.1 Å². The molecule has 0 atom stereocenters. The van der Waals surface area contributed by atoms with Gasteiger partial charge in [-0.1, -0.05) is 0 Å². The molecule has 1 aromatic rings. The van der Waals surface area contributed by atoms with Gasteiger partial charge in [-0.15, -0.1) is 0 Å². The highest BCUT2D eigenvalue weighted by atomic mass is 32.2. The van der Waals surface area contributed by atoms with Gasteiger partial charge in [0.2, 0.25) is 0 Å². The fourth-order valence-corrected chi connectivity index (χ4v) is 4.42. The van der Waals surface area contributed by atoms with Crippen molar-refractivity contribution in [2.75, 3.05) is 19.6 Å². The minimum Gasteiger partial charge on any atom is -0.314 e. The van der Waals surface area contributed by atoms with E-state index in [0.717, 1.165) is 15.3 Å². The molecule has 9 heteroatoms. The number of piperazine rings is 1. The van der Waals surface area contributed by atoms with E-state index >= 15 is 0 Å². The molecule has 1 aliphatic heterocycles. The van der Waals surface area contributed by atoms with Gasteiger partial charge in [0.05, 0.1) is 0 Å². The first-order valence-electron chi connectivity index (χ1n) is 6.59. The van der Waals surface area contributed by atoms with Crippen molar-refractivity contribution in [3.63, 3.8) is 0 Å². The minimum absolute atomic E-state index is 0.279. The van der Waals surface area contributed by atoms with E-state index in [-0.39, 0.29) is 11.4 Å². The lowest BCUT2D eigenvalue weighted by molar-refractivity contribution is 0.185. The van der Waals surface area contributed by atoms with Crippen molar-refractivity contribution < 1.29 is 8.42 Å². The summed E-state index contributed by atoms with van der Waals surface area (Å²) in [5, 5.41) is 3.13. The number of nitrogens with one attached hydrogen (secondary N) is 1. The van der Waals surface area contributed by atoms with Crippen molar-refractivity contribution in [2.45, 2.75) is 24.3 Å². The van der Waals surface area contributed by atoms with Crippen LogP contribution in [-0.4, -0.2) is 47.0 Å². The van der Waals surface area contributed by atoms with Crippen LogP contribution in [0.2, 0.25) is 0 Å². The zero-order valence-electron chi connectivity index (χ0n) is 12.6. The minimum atomic E-state index is -3.96. The Bertz CT molecular complexity index is 775. The van der Waals surface area contributed by atoms with E-state index in [1.165, 1.54) is 18.4 Å². The van der Waals surface area contributed by atoms with Crippen molar-refractivity contribution in [2.24, 2.45) is 14.1 Å². The number of hydrogen-bond acceptors (Lipinski definition) is 5. The summed E-state index contributed by atoms with van der Waals surface area (Å²) < 4.78 is 28.8. The van der Waals surface area contributed by atoms with Crippen molar-refractivity contribution in [3.05, 3.63) is 27.0 Å². The van der Waals surface area contributed by atoms with Crippen LogP contribution in [0.3, 0.4) is 0 Å². The summed E-state index contributed by atoms with van der Waals surface area (Å²) in [7, 11) is -1.27. The predicted octanol–water partition coefficient (Wildman–Crippen LogP) is -1.54. The molecular weight excluding hydrogens is 296 g/mol. The number of aryl methyl sites for hydroxylation is 1. The molecule has 2 rings (SSSR count). The van der Waals surface area contributed by atoms with E-state index in [0.29, 0.717) is 13.1 Å². The molecule has 0 radical (unpaired) electrons. The molecule has 118 valence electrons. The van der Waals surface area contributed by atoms with Crippen LogP contribution in [0.15, 0.2) is 20.7 Å². The molecule has 1 saturated heterocycles. The van der Waals surface area contributed by atoms with E-state index in [9.17, 15) is 18.0 Å². The monoisotopic (exact) mass is 316 g/mol. The second-order valence-corrected chi connectivity index (χ2v) is 7.65. The summed E-state index contributed by atoms with van der Waals surface area (Å²) in [4.78, 5) is 23.5. The molecule has 8 nitrogen and oxygen atoms in total. The lowest BCUT2D eigenvalue weighted by Crippen LogP contribution is -2.60. The Morgan fingerprint density at radius 2 is 1.86 bits per heavy atom. The fraction of sp³-hybridized carbons (Fsp3) is 0.667. The van der Waals surface area contributed by atoms with Gasteiger partial charge in [-0.05, 0) is 13.8 Å². The van der Waals surface area contributed by atoms with E-state index in [2.05, 4.69) is 5.32 Å². The third-order valence-electron chi connectivity index (χ3n) is 3.71. The van der Waals surface area contributed by atoms with Crippen molar-refractivity contribution in [1.82, 2.24) is 18.8 Å². The van der Waals surface area contributed by atoms with Gasteiger partial charge < -0.3 is 9.88 Å². The quantitative estimate of drug-likeness (QED) is 0.713. The lowest BCUT2D eigenvalue weighted by atomic mass is 10.0. The van der Waals surface area contributed by atoms with Crippen LogP contribution in [0.25, 0.3) is 0 Å². The molecule has 0 bridgehead atoms. The van der Waals surface area contributed by atoms with Gasteiger partial charge in [-0.2, -0.15) is 4.31 Å². The zero-order chi connectivity index (χ0) is 16.0. The molecule has 0 aromatic carbocycles. The predicted molar refractivity (Wildman–Crippen MR) is 77.8 cm³/mol.